The molecule has 0 aliphatic heterocycles. The molecule has 1 atom stereocenters. The second kappa shape index (κ2) is 5.80. The largest absolute Gasteiger partial charge is 0.327 e. The van der Waals surface area contributed by atoms with Crippen LogP contribution in [0.2, 0.25) is 0 Å². The van der Waals surface area contributed by atoms with E-state index in [0.717, 1.165) is 23.6 Å². The van der Waals surface area contributed by atoms with E-state index in [9.17, 15) is 4.39 Å². The van der Waals surface area contributed by atoms with Crippen molar-refractivity contribution < 1.29 is 4.39 Å². The van der Waals surface area contributed by atoms with E-state index >= 15 is 0 Å². The highest BCUT2D eigenvalue weighted by Crippen LogP contribution is 2.24. The standard InChI is InChI=1S/C15H18FN3/c1-3-19(14-7-5-13(16)6-8-14)15-9-4-12(10-18-15)11(2)17/h4-11H,3,17H2,1-2H3/t11-/m1/s1. The molecule has 2 rings (SSSR count). The Morgan fingerprint density at radius 2 is 1.89 bits per heavy atom. The average molecular weight is 259 g/mol. The molecule has 4 heteroatoms. The third-order valence-corrected chi connectivity index (χ3v) is 3.03. The number of hydrogen-bond acceptors (Lipinski definition) is 3. The third-order valence-electron chi connectivity index (χ3n) is 3.03. The fraction of sp³-hybridized carbons (Fsp3) is 0.267. The lowest BCUT2D eigenvalue weighted by Crippen LogP contribution is -2.17. The van der Waals surface area contributed by atoms with Crippen molar-refractivity contribution in [2.45, 2.75) is 19.9 Å². The molecule has 0 saturated heterocycles. The van der Waals surface area contributed by atoms with Crippen molar-refractivity contribution in [1.29, 1.82) is 0 Å². The summed E-state index contributed by atoms with van der Waals surface area (Å²) < 4.78 is 13.0. The van der Waals surface area contributed by atoms with Gasteiger partial charge in [0.05, 0.1) is 0 Å². The van der Waals surface area contributed by atoms with Gasteiger partial charge in [0.2, 0.25) is 0 Å². The maximum Gasteiger partial charge on any atom is 0.132 e. The van der Waals surface area contributed by atoms with Crippen LogP contribution < -0.4 is 10.6 Å². The number of anilines is 2. The van der Waals surface area contributed by atoms with Gasteiger partial charge in [-0.05, 0) is 49.7 Å². The van der Waals surface area contributed by atoms with Gasteiger partial charge in [0.15, 0.2) is 0 Å². The molecule has 19 heavy (non-hydrogen) atoms. The molecule has 1 aromatic heterocycles. The Morgan fingerprint density at radius 1 is 1.21 bits per heavy atom. The van der Waals surface area contributed by atoms with Crippen LogP contribution in [0.3, 0.4) is 0 Å². The summed E-state index contributed by atoms with van der Waals surface area (Å²) in [4.78, 5) is 6.44. The second-order valence-electron chi connectivity index (χ2n) is 4.46. The lowest BCUT2D eigenvalue weighted by Gasteiger charge is -2.22. The quantitative estimate of drug-likeness (QED) is 0.915. The molecule has 1 heterocycles. The van der Waals surface area contributed by atoms with Crippen LogP contribution in [0.25, 0.3) is 0 Å². The van der Waals surface area contributed by atoms with Gasteiger partial charge in [-0.2, -0.15) is 0 Å². The molecule has 3 nitrogen and oxygen atoms in total. The van der Waals surface area contributed by atoms with Gasteiger partial charge in [0.1, 0.15) is 11.6 Å². The minimum atomic E-state index is -0.236. The predicted octanol–water partition coefficient (Wildman–Crippen LogP) is 3.40. The monoisotopic (exact) mass is 259 g/mol. The van der Waals surface area contributed by atoms with E-state index in [0.29, 0.717) is 0 Å². The van der Waals surface area contributed by atoms with Gasteiger partial charge >= 0.3 is 0 Å². The van der Waals surface area contributed by atoms with E-state index in [1.54, 1.807) is 18.3 Å². The summed E-state index contributed by atoms with van der Waals surface area (Å²) in [6, 6.07) is 10.3. The zero-order valence-electron chi connectivity index (χ0n) is 11.2. The molecule has 2 N–H and O–H groups in total. The van der Waals surface area contributed by atoms with E-state index in [1.165, 1.54) is 12.1 Å². The summed E-state index contributed by atoms with van der Waals surface area (Å²) >= 11 is 0. The van der Waals surface area contributed by atoms with Crippen molar-refractivity contribution in [3.05, 3.63) is 54.0 Å². The van der Waals surface area contributed by atoms with E-state index in [4.69, 9.17) is 5.73 Å². The van der Waals surface area contributed by atoms with Crippen molar-refractivity contribution in [3.63, 3.8) is 0 Å². The molecular formula is C15H18FN3. The van der Waals surface area contributed by atoms with Gasteiger partial charge in [-0.25, -0.2) is 9.37 Å². The molecule has 2 aromatic rings. The molecule has 0 unspecified atom stereocenters. The van der Waals surface area contributed by atoms with Gasteiger partial charge in [-0.15, -0.1) is 0 Å². The summed E-state index contributed by atoms with van der Waals surface area (Å²) in [6.45, 7) is 4.72. The maximum absolute atomic E-state index is 13.0. The Morgan fingerprint density at radius 3 is 2.37 bits per heavy atom. The predicted molar refractivity (Wildman–Crippen MR) is 75.9 cm³/mol. The van der Waals surface area contributed by atoms with E-state index in [-0.39, 0.29) is 11.9 Å². The Bertz CT molecular complexity index is 520. The molecule has 0 bridgehead atoms. The van der Waals surface area contributed by atoms with Gasteiger partial charge in [0, 0.05) is 24.5 Å². The molecule has 100 valence electrons. The first kappa shape index (κ1) is 13.5. The number of halogens is 1. The van der Waals surface area contributed by atoms with E-state index in [1.807, 2.05) is 30.9 Å². The summed E-state index contributed by atoms with van der Waals surface area (Å²) in [5.41, 5.74) is 7.73. The van der Waals surface area contributed by atoms with Crippen LogP contribution >= 0.6 is 0 Å². The Hall–Kier alpha value is -1.94. The van der Waals surface area contributed by atoms with Gasteiger partial charge < -0.3 is 10.6 Å². The summed E-state index contributed by atoms with van der Waals surface area (Å²) in [5, 5.41) is 0. The molecule has 0 aliphatic carbocycles. The minimum absolute atomic E-state index is 0.0255. The first-order chi connectivity index (χ1) is 9.11. The van der Waals surface area contributed by atoms with Gasteiger partial charge in [-0.1, -0.05) is 6.07 Å². The maximum atomic E-state index is 13.0. The minimum Gasteiger partial charge on any atom is -0.327 e. The first-order valence-corrected chi connectivity index (χ1v) is 6.36. The number of hydrogen-bond donors (Lipinski definition) is 1. The van der Waals surface area contributed by atoms with Crippen molar-refractivity contribution in [2.24, 2.45) is 5.73 Å². The summed E-state index contributed by atoms with van der Waals surface area (Å²) in [7, 11) is 0. The molecule has 0 fully saturated rings. The number of benzene rings is 1. The van der Waals surface area contributed by atoms with Crippen LogP contribution in [-0.4, -0.2) is 11.5 Å². The highest BCUT2D eigenvalue weighted by Gasteiger charge is 2.09. The van der Waals surface area contributed by atoms with Crippen LogP contribution in [0.5, 0.6) is 0 Å². The molecule has 0 saturated carbocycles. The van der Waals surface area contributed by atoms with Crippen LogP contribution in [0.4, 0.5) is 15.9 Å². The van der Waals surface area contributed by atoms with Crippen molar-refractivity contribution in [3.8, 4) is 0 Å². The Labute approximate surface area is 112 Å². The number of nitrogens with zero attached hydrogens (tertiary/aromatic N) is 2. The van der Waals surface area contributed by atoms with Crippen LogP contribution in [0, 0.1) is 5.82 Å². The topological polar surface area (TPSA) is 42.1 Å². The van der Waals surface area contributed by atoms with Crippen LogP contribution in [-0.2, 0) is 0 Å². The van der Waals surface area contributed by atoms with Crippen LogP contribution in [0.15, 0.2) is 42.6 Å². The van der Waals surface area contributed by atoms with Gasteiger partial charge in [0.25, 0.3) is 0 Å². The highest BCUT2D eigenvalue weighted by atomic mass is 19.1. The molecule has 0 aliphatic rings. The van der Waals surface area contributed by atoms with E-state index in [2.05, 4.69) is 4.98 Å². The first-order valence-electron chi connectivity index (χ1n) is 6.36. The SMILES string of the molecule is CCN(c1ccc(F)cc1)c1ccc([C@@H](C)N)cn1. The zero-order chi connectivity index (χ0) is 13.8. The van der Waals surface area contributed by atoms with Crippen molar-refractivity contribution in [2.75, 3.05) is 11.4 Å². The lowest BCUT2D eigenvalue weighted by atomic mass is 10.1. The summed E-state index contributed by atoms with van der Waals surface area (Å²) in [5.74, 6) is 0.596. The average Bonchev–Trinajstić information content (AvgIpc) is 2.42. The molecule has 0 amide bonds. The number of rotatable bonds is 4. The normalized spacial score (nSPS) is 12.2. The van der Waals surface area contributed by atoms with Crippen molar-refractivity contribution in [1.82, 2.24) is 4.98 Å². The molecule has 0 radical (unpaired) electrons. The summed E-state index contributed by atoms with van der Waals surface area (Å²) in [6.07, 6.45) is 1.78. The lowest BCUT2D eigenvalue weighted by molar-refractivity contribution is 0.628. The fourth-order valence-corrected chi connectivity index (χ4v) is 1.92. The van der Waals surface area contributed by atoms with Crippen molar-refractivity contribution >= 4 is 11.5 Å². The smallest absolute Gasteiger partial charge is 0.132 e. The molecular weight excluding hydrogens is 241 g/mol. The number of aromatic nitrogens is 1. The number of nitrogens with two attached hydrogens (primary N) is 1. The number of pyridine rings is 1. The zero-order valence-corrected chi connectivity index (χ0v) is 11.2. The Balaban J connectivity index is 2.28. The third kappa shape index (κ3) is 3.09. The van der Waals surface area contributed by atoms with Gasteiger partial charge in [-0.3, -0.25) is 0 Å². The fourth-order valence-electron chi connectivity index (χ4n) is 1.92. The van der Waals surface area contributed by atoms with Crippen LogP contribution in [0.1, 0.15) is 25.5 Å². The van der Waals surface area contributed by atoms with E-state index < -0.39 is 0 Å². The Kier molecular flexibility index (Phi) is 4.12. The molecule has 1 aromatic carbocycles. The molecule has 0 spiro atoms. The second-order valence-corrected chi connectivity index (χ2v) is 4.46. The highest BCUT2D eigenvalue weighted by molar-refractivity contribution is 5.59.